The maximum absolute atomic E-state index is 12.0. The number of anilines is 1. The van der Waals surface area contributed by atoms with Gasteiger partial charge < -0.3 is 10.6 Å². The summed E-state index contributed by atoms with van der Waals surface area (Å²) >= 11 is 0. The highest BCUT2D eigenvalue weighted by atomic mass is 16.1. The van der Waals surface area contributed by atoms with Gasteiger partial charge in [-0.2, -0.15) is 0 Å². The van der Waals surface area contributed by atoms with Crippen molar-refractivity contribution in [1.29, 1.82) is 0 Å². The molecule has 0 fully saturated rings. The third-order valence-corrected chi connectivity index (χ3v) is 3.11. The van der Waals surface area contributed by atoms with Gasteiger partial charge in [0.05, 0.1) is 5.56 Å². The number of carbonyl (C=O) groups is 1. The van der Waals surface area contributed by atoms with Crippen LogP contribution < -0.4 is 10.6 Å². The summed E-state index contributed by atoms with van der Waals surface area (Å²) in [5.74, 6) is 1.34. The van der Waals surface area contributed by atoms with Gasteiger partial charge in [0.25, 0.3) is 5.91 Å². The summed E-state index contributed by atoms with van der Waals surface area (Å²) in [6.45, 7) is 6.41. The minimum atomic E-state index is -0.0547. The topological polar surface area (TPSA) is 54.0 Å². The van der Waals surface area contributed by atoms with E-state index in [4.69, 9.17) is 0 Å². The lowest BCUT2D eigenvalue weighted by Gasteiger charge is -2.17. The number of hydrogen-bond acceptors (Lipinski definition) is 3. The van der Waals surface area contributed by atoms with Crippen LogP contribution in [0.2, 0.25) is 0 Å². The van der Waals surface area contributed by atoms with Crippen LogP contribution in [0, 0.1) is 5.92 Å². The van der Waals surface area contributed by atoms with Gasteiger partial charge in [-0.3, -0.25) is 4.79 Å². The molecule has 1 amide bonds. The molecule has 1 aromatic heterocycles. The zero-order valence-corrected chi connectivity index (χ0v) is 11.7. The largest absolute Gasteiger partial charge is 0.373 e. The number of rotatable bonds is 6. The third kappa shape index (κ3) is 4.35. The molecule has 1 heterocycles. The monoisotopic (exact) mass is 249 g/mol. The molecule has 2 atom stereocenters. The summed E-state index contributed by atoms with van der Waals surface area (Å²) in [7, 11) is 1.80. The SMILES string of the molecule is CCC(C)CC(C)NC(=O)c1ccc(NC)nc1. The first-order valence-corrected chi connectivity index (χ1v) is 6.51. The molecule has 4 nitrogen and oxygen atoms in total. The standard InChI is InChI=1S/C14H23N3O/c1-5-10(2)8-11(3)17-14(18)12-6-7-13(15-4)16-9-12/h6-7,9-11H,5,8H2,1-4H3,(H,15,16)(H,17,18). The van der Waals surface area contributed by atoms with E-state index < -0.39 is 0 Å². The van der Waals surface area contributed by atoms with Crippen molar-refractivity contribution in [3.63, 3.8) is 0 Å². The van der Waals surface area contributed by atoms with Crippen LogP contribution in [0.25, 0.3) is 0 Å². The number of aromatic nitrogens is 1. The van der Waals surface area contributed by atoms with Gasteiger partial charge >= 0.3 is 0 Å². The van der Waals surface area contributed by atoms with Gasteiger partial charge in [0.15, 0.2) is 0 Å². The Hall–Kier alpha value is -1.58. The van der Waals surface area contributed by atoms with E-state index in [-0.39, 0.29) is 11.9 Å². The van der Waals surface area contributed by atoms with E-state index in [1.54, 1.807) is 25.4 Å². The van der Waals surface area contributed by atoms with Crippen LogP contribution in [0.5, 0.6) is 0 Å². The second-order valence-corrected chi connectivity index (χ2v) is 4.81. The number of hydrogen-bond donors (Lipinski definition) is 2. The summed E-state index contributed by atoms with van der Waals surface area (Å²) in [5, 5.41) is 5.92. The number of pyridine rings is 1. The number of carbonyl (C=O) groups excluding carboxylic acids is 1. The average molecular weight is 249 g/mol. The first kappa shape index (κ1) is 14.5. The molecule has 2 N–H and O–H groups in total. The zero-order valence-electron chi connectivity index (χ0n) is 11.7. The molecular formula is C14H23N3O. The highest BCUT2D eigenvalue weighted by Gasteiger charge is 2.12. The van der Waals surface area contributed by atoms with E-state index in [0.29, 0.717) is 11.5 Å². The second kappa shape index (κ2) is 6.99. The summed E-state index contributed by atoms with van der Waals surface area (Å²) in [4.78, 5) is 16.1. The molecule has 100 valence electrons. The first-order valence-electron chi connectivity index (χ1n) is 6.51. The Labute approximate surface area is 109 Å². The Bertz CT molecular complexity index is 375. The van der Waals surface area contributed by atoms with Gasteiger partial charge in [-0.15, -0.1) is 0 Å². The molecule has 0 radical (unpaired) electrons. The minimum Gasteiger partial charge on any atom is -0.373 e. The van der Waals surface area contributed by atoms with Crippen LogP contribution in [0.4, 0.5) is 5.82 Å². The van der Waals surface area contributed by atoms with E-state index in [0.717, 1.165) is 18.7 Å². The quantitative estimate of drug-likeness (QED) is 0.815. The van der Waals surface area contributed by atoms with Gasteiger partial charge in [0, 0.05) is 19.3 Å². The molecule has 18 heavy (non-hydrogen) atoms. The minimum absolute atomic E-state index is 0.0547. The zero-order chi connectivity index (χ0) is 13.5. The van der Waals surface area contributed by atoms with Crippen molar-refractivity contribution in [2.45, 2.75) is 39.7 Å². The Morgan fingerprint density at radius 1 is 1.39 bits per heavy atom. The molecule has 0 saturated heterocycles. The number of nitrogens with one attached hydrogen (secondary N) is 2. The Kier molecular flexibility index (Phi) is 5.62. The van der Waals surface area contributed by atoms with Crippen LogP contribution in [0.1, 0.15) is 44.0 Å². The van der Waals surface area contributed by atoms with Crippen molar-refractivity contribution < 1.29 is 4.79 Å². The van der Waals surface area contributed by atoms with Crippen LogP contribution >= 0.6 is 0 Å². The lowest BCUT2D eigenvalue weighted by Crippen LogP contribution is -2.33. The van der Waals surface area contributed by atoms with Gasteiger partial charge in [-0.25, -0.2) is 4.98 Å². The summed E-state index contributed by atoms with van der Waals surface area (Å²) < 4.78 is 0. The molecule has 0 aliphatic carbocycles. The second-order valence-electron chi connectivity index (χ2n) is 4.81. The van der Waals surface area contributed by atoms with Gasteiger partial charge in [0.1, 0.15) is 5.82 Å². The average Bonchev–Trinajstić information content (AvgIpc) is 2.38. The van der Waals surface area contributed by atoms with E-state index in [9.17, 15) is 4.79 Å². The fraction of sp³-hybridized carbons (Fsp3) is 0.571. The molecule has 4 heteroatoms. The van der Waals surface area contributed by atoms with Crippen LogP contribution in [-0.4, -0.2) is 24.0 Å². The molecular weight excluding hydrogens is 226 g/mol. The van der Waals surface area contributed by atoms with E-state index in [1.807, 2.05) is 6.92 Å². The lowest BCUT2D eigenvalue weighted by molar-refractivity contribution is 0.0935. The molecule has 1 aromatic rings. The Morgan fingerprint density at radius 2 is 2.11 bits per heavy atom. The number of nitrogens with zero attached hydrogens (tertiary/aromatic N) is 1. The first-order chi connectivity index (χ1) is 8.56. The number of amides is 1. The van der Waals surface area contributed by atoms with E-state index in [1.165, 1.54) is 0 Å². The summed E-state index contributed by atoms with van der Waals surface area (Å²) in [5.41, 5.74) is 0.602. The maximum Gasteiger partial charge on any atom is 0.253 e. The third-order valence-electron chi connectivity index (χ3n) is 3.11. The summed E-state index contributed by atoms with van der Waals surface area (Å²) in [6, 6.07) is 3.77. The summed E-state index contributed by atoms with van der Waals surface area (Å²) in [6.07, 6.45) is 3.74. The van der Waals surface area contributed by atoms with Crippen LogP contribution in [-0.2, 0) is 0 Å². The predicted molar refractivity (Wildman–Crippen MR) is 74.8 cm³/mol. The van der Waals surface area contributed by atoms with Crippen molar-refractivity contribution in [2.24, 2.45) is 5.92 Å². The Morgan fingerprint density at radius 3 is 2.61 bits per heavy atom. The van der Waals surface area contributed by atoms with Gasteiger partial charge in [-0.1, -0.05) is 20.3 Å². The van der Waals surface area contributed by atoms with Crippen molar-refractivity contribution >= 4 is 11.7 Å². The van der Waals surface area contributed by atoms with Gasteiger partial charge in [-0.05, 0) is 31.4 Å². The Balaban J connectivity index is 2.53. The van der Waals surface area contributed by atoms with E-state index in [2.05, 4.69) is 29.5 Å². The molecule has 0 bridgehead atoms. The van der Waals surface area contributed by atoms with Crippen LogP contribution in [0.3, 0.4) is 0 Å². The smallest absolute Gasteiger partial charge is 0.253 e. The fourth-order valence-electron chi connectivity index (χ4n) is 1.81. The maximum atomic E-state index is 12.0. The fourth-order valence-corrected chi connectivity index (χ4v) is 1.81. The highest BCUT2D eigenvalue weighted by Crippen LogP contribution is 2.10. The molecule has 0 spiro atoms. The van der Waals surface area contributed by atoms with Gasteiger partial charge in [0.2, 0.25) is 0 Å². The normalized spacial score (nSPS) is 13.8. The van der Waals surface area contributed by atoms with Crippen LogP contribution in [0.15, 0.2) is 18.3 Å². The van der Waals surface area contributed by atoms with Crippen molar-refractivity contribution in [1.82, 2.24) is 10.3 Å². The molecule has 0 saturated carbocycles. The molecule has 1 rings (SSSR count). The molecule has 2 unspecified atom stereocenters. The molecule has 0 aromatic carbocycles. The molecule has 0 aliphatic rings. The highest BCUT2D eigenvalue weighted by molar-refractivity contribution is 5.94. The molecule has 0 aliphatic heterocycles. The van der Waals surface area contributed by atoms with Crippen molar-refractivity contribution in [3.8, 4) is 0 Å². The van der Waals surface area contributed by atoms with Crippen molar-refractivity contribution in [3.05, 3.63) is 23.9 Å². The predicted octanol–water partition coefficient (Wildman–Crippen LogP) is 2.68. The van der Waals surface area contributed by atoms with Crippen molar-refractivity contribution in [2.75, 3.05) is 12.4 Å². The lowest BCUT2D eigenvalue weighted by atomic mass is 10.0. The van der Waals surface area contributed by atoms with E-state index >= 15 is 0 Å².